The molecular weight excluding hydrogens is 238 g/mol. The average molecular weight is 263 g/mol. The minimum atomic E-state index is 0.627. The smallest absolute Gasteiger partial charge is 0.134 e. The second-order valence-electron chi connectivity index (χ2n) is 5.21. The van der Waals surface area contributed by atoms with Crippen LogP contribution < -0.4 is 10.6 Å². The SMILES string of the molecule is CCCc1c(NC)ncnc1NCC1CCCN1C. The topological polar surface area (TPSA) is 53.1 Å². The molecule has 2 heterocycles. The van der Waals surface area contributed by atoms with E-state index < -0.39 is 0 Å². The van der Waals surface area contributed by atoms with Crippen LogP contribution in [0.3, 0.4) is 0 Å². The molecule has 1 aromatic heterocycles. The van der Waals surface area contributed by atoms with Crippen molar-refractivity contribution >= 4 is 11.6 Å². The van der Waals surface area contributed by atoms with Crippen LogP contribution >= 0.6 is 0 Å². The Kier molecular flexibility index (Phi) is 4.96. The number of nitrogens with zero attached hydrogens (tertiary/aromatic N) is 3. The molecule has 106 valence electrons. The van der Waals surface area contributed by atoms with Crippen LogP contribution in [0, 0.1) is 0 Å². The maximum absolute atomic E-state index is 4.41. The van der Waals surface area contributed by atoms with Crippen molar-refractivity contribution in [3.63, 3.8) is 0 Å². The van der Waals surface area contributed by atoms with Gasteiger partial charge in [0, 0.05) is 25.2 Å². The van der Waals surface area contributed by atoms with Gasteiger partial charge in [0.2, 0.25) is 0 Å². The highest BCUT2D eigenvalue weighted by Crippen LogP contribution is 2.22. The summed E-state index contributed by atoms with van der Waals surface area (Å²) in [4.78, 5) is 11.1. The number of nitrogens with one attached hydrogen (secondary N) is 2. The van der Waals surface area contributed by atoms with E-state index in [0.717, 1.165) is 31.0 Å². The number of hydrogen-bond donors (Lipinski definition) is 2. The van der Waals surface area contributed by atoms with Gasteiger partial charge in [-0.25, -0.2) is 9.97 Å². The summed E-state index contributed by atoms with van der Waals surface area (Å²) in [6.45, 7) is 4.36. The van der Waals surface area contributed by atoms with Crippen LogP contribution in [0.2, 0.25) is 0 Å². The van der Waals surface area contributed by atoms with Crippen LogP contribution in [0.4, 0.5) is 11.6 Å². The number of rotatable bonds is 6. The third-order valence-electron chi connectivity index (χ3n) is 3.86. The Hall–Kier alpha value is -1.36. The van der Waals surface area contributed by atoms with Crippen LogP contribution in [0.1, 0.15) is 31.7 Å². The van der Waals surface area contributed by atoms with Crippen LogP contribution in [-0.4, -0.2) is 48.1 Å². The van der Waals surface area contributed by atoms with E-state index in [1.165, 1.54) is 24.9 Å². The second kappa shape index (κ2) is 6.70. The molecule has 1 unspecified atom stereocenters. The van der Waals surface area contributed by atoms with Crippen molar-refractivity contribution in [2.24, 2.45) is 0 Å². The van der Waals surface area contributed by atoms with Gasteiger partial charge in [0.1, 0.15) is 18.0 Å². The van der Waals surface area contributed by atoms with Crippen LogP contribution in [0.5, 0.6) is 0 Å². The molecule has 1 aliphatic heterocycles. The van der Waals surface area contributed by atoms with Gasteiger partial charge in [0.25, 0.3) is 0 Å². The van der Waals surface area contributed by atoms with Crippen molar-refractivity contribution in [2.45, 2.75) is 38.6 Å². The molecule has 5 heteroatoms. The Morgan fingerprint density at radius 1 is 1.37 bits per heavy atom. The first-order chi connectivity index (χ1) is 9.26. The van der Waals surface area contributed by atoms with Crippen LogP contribution in [0.15, 0.2) is 6.33 Å². The molecule has 1 aromatic rings. The molecule has 0 aliphatic carbocycles. The van der Waals surface area contributed by atoms with Crippen LogP contribution in [-0.2, 0) is 6.42 Å². The van der Waals surface area contributed by atoms with Crippen molar-refractivity contribution in [3.8, 4) is 0 Å². The summed E-state index contributed by atoms with van der Waals surface area (Å²) in [6.07, 6.45) is 6.30. The lowest BCUT2D eigenvalue weighted by Crippen LogP contribution is -2.32. The van der Waals surface area contributed by atoms with Crippen molar-refractivity contribution in [2.75, 3.05) is 37.8 Å². The van der Waals surface area contributed by atoms with E-state index in [0.29, 0.717) is 6.04 Å². The number of likely N-dealkylation sites (N-methyl/N-ethyl adjacent to an activating group) is 1. The van der Waals surface area contributed by atoms with Gasteiger partial charge in [0.05, 0.1) is 0 Å². The van der Waals surface area contributed by atoms with Crippen molar-refractivity contribution in [1.29, 1.82) is 0 Å². The van der Waals surface area contributed by atoms with Gasteiger partial charge in [-0.1, -0.05) is 13.3 Å². The second-order valence-corrected chi connectivity index (χ2v) is 5.21. The molecule has 1 aliphatic rings. The van der Waals surface area contributed by atoms with Gasteiger partial charge in [-0.05, 0) is 32.9 Å². The first kappa shape index (κ1) is 14.1. The molecular formula is C14H25N5. The highest BCUT2D eigenvalue weighted by molar-refractivity contribution is 5.57. The molecule has 5 nitrogen and oxygen atoms in total. The van der Waals surface area contributed by atoms with E-state index >= 15 is 0 Å². The van der Waals surface area contributed by atoms with Crippen LogP contribution in [0.25, 0.3) is 0 Å². The van der Waals surface area contributed by atoms with Gasteiger partial charge < -0.3 is 15.5 Å². The Bertz CT molecular complexity index is 407. The third-order valence-corrected chi connectivity index (χ3v) is 3.86. The maximum Gasteiger partial charge on any atom is 0.134 e. The molecule has 19 heavy (non-hydrogen) atoms. The Balaban J connectivity index is 2.06. The minimum Gasteiger partial charge on any atom is -0.373 e. The van der Waals surface area contributed by atoms with E-state index in [4.69, 9.17) is 0 Å². The molecule has 0 amide bonds. The fourth-order valence-electron chi connectivity index (χ4n) is 2.72. The third kappa shape index (κ3) is 3.35. The molecule has 2 rings (SSSR count). The molecule has 0 saturated carbocycles. The zero-order chi connectivity index (χ0) is 13.7. The summed E-state index contributed by atoms with van der Waals surface area (Å²) in [5.41, 5.74) is 1.20. The summed E-state index contributed by atoms with van der Waals surface area (Å²) in [6, 6.07) is 0.627. The zero-order valence-electron chi connectivity index (χ0n) is 12.2. The van der Waals surface area contributed by atoms with Gasteiger partial charge in [-0.3, -0.25) is 0 Å². The van der Waals surface area contributed by atoms with Gasteiger partial charge >= 0.3 is 0 Å². The van der Waals surface area contributed by atoms with E-state index in [-0.39, 0.29) is 0 Å². The van der Waals surface area contributed by atoms with Crippen molar-refractivity contribution in [1.82, 2.24) is 14.9 Å². The standard InChI is InChI=1S/C14H25N5/c1-4-6-12-13(15-2)17-10-18-14(12)16-9-11-7-5-8-19(11)3/h10-11H,4-9H2,1-3H3,(H2,15,16,17,18). The van der Waals surface area contributed by atoms with Gasteiger partial charge in [-0.15, -0.1) is 0 Å². The molecule has 0 aromatic carbocycles. The minimum absolute atomic E-state index is 0.627. The fourth-order valence-corrected chi connectivity index (χ4v) is 2.72. The van der Waals surface area contributed by atoms with Crippen molar-refractivity contribution < 1.29 is 0 Å². The molecule has 0 bridgehead atoms. The largest absolute Gasteiger partial charge is 0.373 e. The average Bonchev–Trinajstić information content (AvgIpc) is 2.83. The zero-order valence-corrected chi connectivity index (χ0v) is 12.2. The predicted octanol–water partition coefficient (Wildman–Crippen LogP) is 1.98. The van der Waals surface area contributed by atoms with Gasteiger partial charge in [-0.2, -0.15) is 0 Å². The molecule has 1 saturated heterocycles. The number of hydrogen-bond acceptors (Lipinski definition) is 5. The quantitative estimate of drug-likeness (QED) is 0.822. The number of likely N-dealkylation sites (tertiary alicyclic amines) is 1. The summed E-state index contributed by atoms with van der Waals surface area (Å²) in [5, 5.41) is 6.67. The van der Waals surface area contributed by atoms with Gasteiger partial charge in [0.15, 0.2) is 0 Å². The van der Waals surface area contributed by atoms with E-state index in [2.05, 4.69) is 39.5 Å². The van der Waals surface area contributed by atoms with E-state index in [9.17, 15) is 0 Å². The maximum atomic E-state index is 4.41. The Morgan fingerprint density at radius 2 is 2.16 bits per heavy atom. The highest BCUT2D eigenvalue weighted by atomic mass is 15.2. The van der Waals surface area contributed by atoms with Crippen molar-refractivity contribution in [3.05, 3.63) is 11.9 Å². The predicted molar refractivity (Wildman–Crippen MR) is 79.7 cm³/mol. The summed E-state index contributed by atoms with van der Waals surface area (Å²) >= 11 is 0. The Morgan fingerprint density at radius 3 is 2.79 bits per heavy atom. The molecule has 0 radical (unpaired) electrons. The summed E-state index contributed by atoms with van der Waals surface area (Å²) < 4.78 is 0. The first-order valence-corrected chi connectivity index (χ1v) is 7.22. The normalized spacial score (nSPS) is 19.6. The Labute approximate surface area is 115 Å². The fraction of sp³-hybridized carbons (Fsp3) is 0.714. The van der Waals surface area contributed by atoms with E-state index in [1.807, 2.05) is 7.05 Å². The number of aromatic nitrogens is 2. The number of anilines is 2. The van der Waals surface area contributed by atoms with E-state index in [1.54, 1.807) is 6.33 Å². The summed E-state index contributed by atoms with van der Waals surface area (Å²) in [5.74, 6) is 1.93. The lowest BCUT2D eigenvalue weighted by atomic mass is 10.1. The first-order valence-electron chi connectivity index (χ1n) is 7.22. The molecule has 2 N–H and O–H groups in total. The molecule has 1 atom stereocenters. The highest BCUT2D eigenvalue weighted by Gasteiger charge is 2.21. The summed E-state index contributed by atoms with van der Waals surface area (Å²) in [7, 11) is 4.11. The molecule has 0 spiro atoms. The lowest BCUT2D eigenvalue weighted by molar-refractivity contribution is 0.322. The lowest BCUT2D eigenvalue weighted by Gasteiger charge is -2.21. The molecule has 1 fully saturated rings. The monoisotopic (exact) mass is 263 g/mol.